The lowest BCUT2D eigenvalue weighted by atomic mass is 10.1. The zero-order valence-corrected chi connectivity index (χ0v) is 14.2. The maximum Gasteiger partial charge on any atom is 0.0939 e. The second-order valence-corrected chi connectivity index (χ2v) is 7.69. The number of benzene rings is 1. The fourth-order valence-electron chi connectivity index (χ4n) is 1.62. The van der Waals surface area contributed by atoms with E-state index in [-0.39, 0.29) is 5.38 Å². The van der Waals surface area contributed by atoms with Crippen molar-refractivity contribution in [2.45, 2.75) is 19.2 Å². The summed E-state index contributed by atoms with van der Waals surface area (Å²) in [6.45, 7) is 4.16. The van der Waals surface area contributed by atoms with Gasteiger partial charge in [0.15, 0.2) is 0 Å². The Hall–Kier alpha value is 0.170. The van der Waals surface area contributed by atoms with Crippen LogP contribution in [0.3, 0.4) is 0 Å². The first-order valence-corrected chi connectivity index (χ1v) is 7.99. The van der Waals surface area contributed by atoms with E-state index in [2.05, 4.69) is 70.0 Å². The van der Waals surface area contributed by atoms with Crippen LogP contribution in [0.25, 0.3) is 0 Å². The summed E-state index contributed by atoms with van der Waals surface area (Å²) in [5, 5.41) is -0.0979. The minimum Gasteiger partial charge on any atom is -0.131 e. The Labute approximate surface area is 127 Å². The second-order valence-electron chi connectivity index (χ2n) is 3.99. The van der Waals surface area contributed by atoms with E-state index in [0.29, 0.717) is 0 Å². The highest BCUT2D eigenvalue weighted by Crippen LogP contribution is 2.40. The molecule has 90 valence electrons. The summed E-state index contributed by atoms with van der Waals surface area (Å²) in [4.78, 5) is 1.17. The van der Waals surface area contributed by atoms with Crippen LogP contribution in [-0.4, -0.2) is 0 Å². The van der Waals surface area contributed by atoms with Crippen molar-refractivity contribution in [1.82, 2.24) is 0 Å². The van der Waals surface area contributed by atoms with E-state index < -0.39 is 0 Å². The van der Waals surface area contributed by atoms with Crippen LogP contribution in [-0.2, 0) is 0 Å². The van der Waals surface area contributed by atoms with Crippen LogP contribution in [0.2, 0.25) is 0 Å². The van der Waals surface area contributed by atoms with Crippen LogP contribution in [0, 0.1) is 13.8 Å². The van der Waals surface area contributed by atoms with Crippen molar-refractivity contribution < 1.29 is 0 Å². The normalized spacial score (nSPS) is 12.8. The van der Waals surface area contributed by atoms with Gasteiger partial charge in [0.1, 0.15) is 0 Å². The first-order valence-electron chi connectivity index (χ1n) is 5.15. The Morgan fingerprint density at radius 1 is 1.18 bits per heavy atom. The van der Waals surface area contributed by atoms with Gasteiger partial charge in [0.25, 0.3) is 0 Å². The van der Waals surface area contributed by atoms with Gasteiger partial charge in [0.2, 0.25) is 0 Å². The third kappa shape index (κ3) is 2.95. The SMILES string of the molecule is Cc1ccc(Br)c(C(Cl)c2cc(C)c(Br)s2)c1. The smallest absolute Gasteiger partial charge is 0.0939 e. The number of alkyl halides is 1. The van der Waals surface area contributed by atoms with E-state index in [4.69, 9.17) is 11.6 Å². The molecule has 1 heterocycles. The van der Waals surface area contributed by atoms with Crippen molar-refractivity contribution >= 4 is 54.8 Å². The van der Waals surface area contributed by atoms with E-state index in [1.807, 2.05) is 0 Å². The van der Waals surface area contributed by atoms with Crippen molar-refractivity contribution in [3.63, 3.8) is 0 Å². The molecule has 2 aromatic rings. The molecule has 0 fully saturated rings. The average Bonchev–Trinajstić information content (AvgIpc) is 2.62. The predicted molar refractivity (Wildman–Crippen MR) is 83.3 cm³/mol. The van der Waals surface area contributed by atoms with Crippen LogP contribution in [0.15, 0.2) is 32.5 Å². The zero-order valence-electron chi connectivity index (χ0n) is 9.43. The number of thiophene rings is 1. The summed E-state index contributed by atoms with van der Waals surface area (Å²) >= 11 is 15.3. The molecule has 1 aromatic heterocycles. The number of aryl methyl sites for hydroxylation is 2. The summed E-state index contributed by atoms with van der Waals surface area (Å²) < 4.78 is 2.22. The largest absolute Gasteiger partial charge is 0.131 e. The molecule has 0 spiro atoms. The Kier molecular flexibility index (Phi) is 4.35. The van der Waals surface area contributed by atoms with Gasteiger partial charge in [0, 0.05) is 9.35 Å². The molecule has 1 unspecified atom stereocenters. The summed E-state index contributed by atoms with van der Waals surface area (Å²) in [7, 11) is 0. The van der Waals surface area contributed by atoms with E-state index in [1.54, 1.807) is 11.3 Å². The van der Waals surface area contributed by atoms with Gasteiger partial charge in [-0.05, 0) is 53.0 Å². The average molecular weight is 395 g/mol. The highest BCUT2D eigenvalue weighted by Gasteiger charge is 2.17. The molecule has 0 saturated carbocycles. The third-order valence-corrected chi connectivity index (χ3v) is 6.07. The quantitative estimate of drug-likeness (QED) is 0.531. The van der Waals surface area contributed by atoms with E-state index in [1.165, 1.54) is 16.0 Å². The summed E-state index contributed by atoms with van der Waals surface area (Å²) in [5.41, 5.74) is 3.58. The number of halogens is 3. The van der Waals surface area contributed by atoms with Crippen molar-refractivity contribution in [3.05, 3.63) is 54.1 Å². The van der Waals surface area contributed by atoms with Gasteiger partial charge in [0.05, 0.1) is 9.16 Å². The van der Waals surface area contributed by atoms with E-state index in [0.717, 1.165) is 13.8 Å². The molecule has 2 rings (SSSR count). The molecule has 4 heteroatoms. The molecule has 0 saturated heterocycles. The van der Waals surface area contributed by atoms with Gasteiger partial charge in [-0.1, -0.05) is 33.6 Å². The van der Waals surface area contributed by atoms with Crippen molar-refractivity contribution in [2.75, 3.05) is 0 Å². The minimum atomic E-state index is -0.0979. The number of hydrogen-bond acceptors (Lipinski definition) is 1. The van der Waals surface area contributed by atoms with Crippen LogP contribution in [0.5, 0.6) is 0 Å². The van der Waals surface area contributed by atoms with Crippen LogP contribution in [0.4, 0.5) is 0 Å². The first kappa shape index (κ1) is 13.6. The maximum absolute atomic E-state index is 6.55. The molecule has 1 aromatic carbocycles. The second kappa shape index (κ2) is 5.43. The highest BCUT2D eigenvalue weighted by atomic mass is 79.9. The topological polar surface area (TPSA) is 0 Å². The molecule has 0 aliphatic carbocycles. The van der Waals surface area contributed by atoms with Gasteiger partial charge in [-0.15, -0.1) is 22.9 Å². The Bertz CT molecular complexity index is 529. The molecule has 0 bridgehead atoms. The monoisotopic (exact) mass is 392 g/mol. The van der Waals surface area contributed by atoms with Crippen LogP contribution in [0.1, 0.15) is 26.9 Å². The van der Waals surface area contributed by atoms with Gasteiger partial charge >= 0.3 is 0 Å². The Morgan fingerprint density at radius 2 is 1.88 bits per heavy atom. The summed E-state index contributed by atoms with van der Waals surface area (Å²) in [6, 6.07) is 8.40. The Morgan fingerprint density at radius 3 is 2.47 bits per heavy atom. The molecule has 0 aliphatic heterocycles. The molecular weight excluding hydrogens is 383 g/mol. The van der Waals surface area contributed by atoms with Crippen molar-refractivity contribution in [1.29, 1.82) is 0 Å². The van der Waals surface area contributed by atoms with Crippen LogP contribution < -0.4 is 0 Å². The predicted octanol–water partition coefficient (Wildman–Crippen LogP) is 6.22. The van der Waals surface area contributed by atoms with Crippen molar-refractivity contribution in [2.24, 2.45) is 0 Å². The molecule has 0 amide bonds. The lowest BCUT2D eigenvalue weighted by molar-refractivity contribution is 1.15. The maximum atomic E-state index is 6.55. The standard InChI is InChI=1S/C13H11Br2ClS/c1-7-3-4-10(14)9(5-7)12(16)11-6-8(2)13(15)17-11/h3-6,12H,1-2H3. The minimum absolute atomic E-state index is 0.0979. The van der Waals surface area contributed by atoms with Gasteiger partial charge in [-0.3, -0.25) is 0 Å². The summed E-state index contributed by atoms with van der Waals surface area (Å²) in [6.07, 6.45) is 0. The van der Waals surface area contributed by atoms with Crippen molar-refractivity contribution in [3.8, 4) is 0 Å². The number of hydrogen-bond donors (Lipinski definition) is 0. The lowest BCUT2D eigenvalue weighted by Crippen LogP contribution is -1.92. The molecule has 0 radical (unpaired) electrons. The van der Waals surface area contributed by atoms with Gasteiger partial charge in [-0.25, -0.2) is 0 Å². The van der Waals surface area contributed by atoms with E-state index in [9.17, 15) is 0 Å². The molecule has 1 atom stereocenters. The van der Waals surface area contributed by atoms with Crippen LogP contribution >= 0.6 is 54.8 Å². The highest BCUT2D eigenvalue weighted by molar-refractivity contribution is 9.11. The lowest BCUT2D eigenvalue weighted by Gasteiger charge is -2.11. The van der Waals surface area contributed by atoms with Gasteiger partial charge < -0.3 is 0 Å². The van der Waals surface area contributed by atoms with E-state index >= 15 is 0 Å². The first-order chi connectivity index (χ1) is 7.99. The zero-order chi connectivity index (χ0) is 12.6. The molecule has 0 nitrogen and oxygen atoms in total. The number of rotatable bonds is 2. The Balaban J connectivity index is 2.42. The van der Waals surface area contributed by atoms with Gasteiger partial charge in [-0.2, -0.15) is 0 Å². The molecule has 17 heavy (non-hydrogen) atoms. The third-order valence-electron chi connectivity index (χ3n) is 2.55. The molecule has 0 N–H and O–H groups in total. The summed E-state index contributed by atoms with van der Waals surface area (Å²) in [5.74, 6) is 0. The fraction of sp³-hybridized carbons (Fsp3) is 0.231. The fourth-order valence-corrected chi connectivity index (χ4v) is 4.17. The molecular formula is C13H11Br2ClS. The molecule has 0 aliphatic rings.